The largest absolute Gasteiger partial charge is 0.497 e. The normalized spacial score (nSPS) is 17.8. The van der Waals surface area contributed by atoms with Crippen molar-refractivity contribution >= 4 is 5.91 Å². The second-order valence-corrected chi connectivity index (χ2v) is 5.69. The van der Waals surface area contributed by atoms with Crippen molar-refractivity contribution in [1.82, 2.24) is 5.32 Å². The monoisotopic (exact) mass is 261 g/mol. The SMILES string of the molecule is COc1ccc(CC(=O)NC2(C)CCCCC2)cc1. The minimum absolute atomic E-state index is 0.00179. The molecule has 0 aliphatic heterocycles. The molecule has 3 heteroatoms. The fraction of sp³-hybridized carbons (Fsp3) is 0.562. The minimum atomic E-state index is 0.00179. The van der Waals surface area contributed by atoms with Gasteiger partial charge in [0.05, 0.1) is 13.5 Å². The van der Waals surface area contributed by atoms with E-state index in [-0.39, 0.29) is 11.4 Å². The van der Waals surface area contributed by atoms with E-state index in [1.807, 2.05) is 24.3 Å². The molecule has 1 saturated carbocycles. The lowest BCUT2D eigenvalue weighted by molar-refractivity contribution is -0.122. The molecule has 1 aromatic rings. The zero-order valence-corrected chi connectivity index (χ0v) is 11.9. The summed E-state index contributed by atoms with van der Waals surface area (Å²) in [6.45, 7) is 2.16. The van der Waals surface area contributed by atoms with Crippen LogP contribution in [-0.2, 0) is 11.2 Å². The summed E-state index contributed by atoms with van der Waals surface area (Å²) >= 11 is 0. The third kappa shape index (κ3) is 3.98. The van der Waals surface area contributed by atoms with Crippen molar-refractivity contribution in [3.63, 3.8) is 0 Å². The smallest absolute Gasteiger partial charge is 0.224 e. The van der Waals surface area contributed by atoms with Crippen LogP contribution >= 0.6 is 0 Å². The van der Waals surface area contributed by atoms with E-state index in [0.717, 1.165) is 24.2 Å². The number of carbonyl (C=O) groups excluding carboxylic acids is 1. The van der Waals surface area contributed by atoms with Crippen LogP contribution in [0.3, 0.4) is 0 Å². The summed E-state index contributed by atoms with van der Waals surface area (Å²) in [5, 5.41) is 3.20. The topological polar surface area (TPSA) is 38.3 Å². The van der Waals surface area contributed by atoms with Crippen molar-refractivity contribution in [2.75, 3.05) is 7.11 Å². The van der Waals surface area contributed by atoms with Gasteiger partial charge in [0, 0.05) is 5.54 Å². The molecule has 0 radical (unpaired) electrons. The highest BCUT2D eigenvalue weighted by Gasteiger charge is 2.28. The van der Waals surface area contributed by atoms with Crippen LogP contribution in [0.1, 0.15) is 44.6 Å². The summed E-state index contributed by atoms with van der Waals surface area (Å²) in [6.07, 6.45) is 6.38. The van der Waals surface area contributed by atoms with Gasteiger partial charge in [0.15, 0.2) is 0 Å². The van der Waals surface area contributed by atoms with Crippen LogP contribution < -0.4 is 10.1 Å². The Morgan fingerprint density at radius 1 is 1.21 bits per heavy atom. The van der Waals surface area contributed by atoms with Crippen LogP contribution in [0, 0.1) is 0 Å². The van der Waals surface area contributed by atoms with Crippen molar-refractivity contribution in [2.24, 2.45) is 0 Å². The number of hydrogen-bond donors (Lipinski definition) is 1. The third-order valence-electron chi connectivity index (χ3n) is 3.92. The van der Waals surface area contributed by atoms with E-state index in [1.165, 1.54) is 19.3 Å². The van der Waals surface area contributed by atoms with E-state index < -0.39 is 0 Å². The number of rotatable bonds is 4. The van der Waals surface area contributed by atoms with Crippen LogP contribution in [0.2, 0.25) is 0 Å². The van der Waals surface area contributed by atoms with Crippen LogP contribution in [0.4, 0.5) is 0 Å². The van der Waals surface area contributed by atoms with E-state index in [1.54, 1.807) is 7.11 Å². The van der Waals surface area contributed by atoms with E-state index >= 15 is 0 Å². The maximum absolute atomic E-state index is 12.1. The third-order valence-corrected chi connectivity index (χ3v) is 3.92. The van der Waals surface area contributed by atoms with Crippen LogP contribution in [0.25, 0.3) is 0 Å². The van der Waals surface area contributed by atoms with Crippen molar-refractivity contribution in [3.05, 3.63) is 29.8 Å². The zero-order valence-electron chi connectivity index (χ0n) is 11.9. The molecule has 1 aliphatic rings. The number of methoxy groups -OCH3 is 1. The van der Waals surface area contributed by atoms with Gasteiger partial charge in [-0.15, -0.1) is 0 Å². The van der Waals surface area contributed by atoms with Gasteiger partial charge < -0.3 is 10.1 Å². The van der Waals surface area contributed by atoms with Gasteiger partial charge >= 0.3 is 0 Å². The van der Waals surface area contributed by atoms with Crippen molar-refractivity contribution in [1.29, 1.82) is 0 Å². The van der Waals surface area contributed by atoms with E-state index in [0.29, 0.717) is 6.42 Å². The molecule has 0 unspecified atom stereocenters. The van der Waals surface area contributed by atoms with Crippen molar-refractivity contribution in [3.8, 4) is 5.75 Å². The molecule has 0 atom stereocenters. The average Bonchev–Trinajstić information content (AvgIpc) is 2.39. The summed E-state index contributed by atoms with van der Waals surface area (Å²) in [6, 6.07) is 7.68. The first-order chi connectivity index (χ1) is 9.11. The van der Waals surface area contributed by atoms with Gasteiger partial charge in [0.1, 0.15) is 5.75 Å². The first-order valence-electron chi connectivity index (χ1n) is 7.05. The average molecular weight is 261 g/mol. The van der Waals surface area contributed by atoms with E-state index in [9.17, 15) is 4.79 Å². The standard InChI is InChI=1S/C16H23NO2/c1-16(10-4-3-5-11-16)17-15(18)12-13-6-8-14(19-2)9-7-13/h6-9H,3-5,10-12H2,1-2H3,(H,17,18). The number of carbonyl (C=O) groups is 1. The molecule has 19 heavy (non-hydrogen) atoms. The highest BCUT2D eigenvalue weighted by molar-refractivity contribution is 5.79. The van der Waals surface area contributed by atoms with Crippen LogP contribution in [0.15, 0.2) is 24.3 Å². The molecule has 0 heterocycles. The molecule has 1 aliphatic carbocycles. The van der Waals surface area contributed by atoms with Gasteiger partial charge in [0.25, 0.3) is 0 Å². The minimum Gasteiger partial charge on any atom is -0.497 e. The van der Waals surface area contributed by atoms with Gasteiger partial charge in [-0.2, -0.15) is 0 Å². The number of benzene rings is 1. The Hall–Kier alpha value is -1.51. The van der Waals surface area contributed by atoms with Crippen molar-refractivity contribution < 1.29 is 9.53 Å². The molecule has 104 valence electrons. The summed E-state index contributed by atoms with van der Waals surface area (Å²) in [5.74, 6) is 0.943. The second kappa shape index (κ2) is 6.09. The molecule has 0 aromatic heterocycles. The fourth-order valence-electron chi connectivity index (χ4n) is 2.77. The molecular formula is C16H23NO2. The first-order valence-corrected chi connectivity index (χ1v) is 7.05. The maximum Gasteiger partial charge on any atom is 0.224 e. The Labute approximate surface area is 115 Å². The van der Waals surface area contributed by atoms with Gasteiger partial charge in [0.2, 0.25) is 5.91 Å². The fourth-order valence-corrected chi connectivity index (χ4v) is 2.77. The van der Waals surface area contributed by atoms with Crippen molar-refractivity contribution in [2.45, 2.75) is 51.0 Å². The molecule has 3 nitrogen and oxygen atoms in total. The number of hydrogen-bond acceptors (Lipinski definition) is 2. The lowest BCUT2D eigenvalue weighted by Crippen LogP contribution is -2.47. The summed E-state index contributed by atoms with van der Waals surface area (Å²) < 4.78 is 5.11. The molecule has 1 amide bonds. The lowest BCUT2D eigenvalue weighted by atomic mass is 9.83. The van der Waals surface area contributed by atoms with Gasteiger partial charge in [-0.05, 0) is 37.5 Å². The Balaban J connectivity index is 1.89. The predicted molar refractivity (Wildman–Crippen MR) is 76.3 cm³/mol. The van der Waals surface area contributed by atoms with Crippen LogP contribution in [0.5, 0.6) is 5.75 Å². The van der Waals surface area contributed by atoms with E-state index in [2.05, 4.69) is 12.2 Å². The zero-order chi connectivity index (χ0) is 13.7. The molecule has 1 fully saturated rings. The lowest BCUT2D eigenvalue weighted by Gasteiger charge is -2.34. The van der Waals surface area contributed by atoms with Gasteiger partial charge in [-0.1, -0.05) is 31.4 Å². The Kier molecular flexibility index (Phi) is 4.46. The Bertz CT molecular complexity index is 419. The van der Waals surface area contributed by atoms with Gasteiger partial charge in [-0.3, -0.25) is 4.79 Å². The van der Waals surface area contributed by atoms with E-state index in [4.69, 9.17) is 4.74 Å². The molecule has 0 saturated heterocycles. The summed E-state index contributed by atoms with van der Waals surface area (Å²) in [4.78, 5) is 12.1. The predicted octanol–water partition coefficient (Wildman–Crippen LogP) is 3.08. The Morgan fingerprint density at radius 2 is 1.84 bits per heavy atom. The van der Waals surface area contributed by atoms with Gasteiger partial charge in [-0.25, -0.2) is 0 Å². The Morgan fingerprint density at radius 3 is 2.42 bits per heavy atom. The molecule has 0 spiro atoms. The number of ether oxygens (including phenoxy) is 1. The second-order valence-electron chi connectivity index (χ2n) is 5.69. The number of amides is 1. The molecule has 1 N–H and O–H groups in total. The summed E-state index contributed by atoms with van der Waals surface area (Å²) in [7, 11) is 1.64. The molecule has 0 bridgehead atoms. The molecule has 2 rings (SSSR count). The maximum atomic E-state index is 12.1. The quantitative estimate of drug-likeness (QED) is 0.904. The highest BCUT2D eigenvalue weighted by atomic mass is 16.5. The first kappa shape index (κ1) is 13.9. The van der Waals surface area contributed by atoms with Crippen LogP contribution in [-0.4, -0.2) is 18.6 Å². The molecular weight excluding hydrogens is 238 g/mol. The molecule has 1 aromatic carbocycles. The highest BCUT2D eigenvalue weighted by Crippen LogP contribution is 2.27. The number of nitrogens with one attached hydrogen (secondary N) is 1. The summed E-state index contributed by atoms with van der Waals surface area (Å²) in [5.41, 5.74) is 1.03.